The van der Waals surface area contributed by atoms with Gasteiger partial charge in [-0.05, 0) is 43.8 Å². The largest absolute Gasteiger partial charge is 0.482 e. The van der Waals surface area contributed by atoms with Crippen LogP contribution < -0.4 is 15.4 Å². The van der Waals surface area contributed by atoms with E-state index in [0.29, 0.717) is 27.1 Å². The first-order chi connectivity index (χ1) is 14.6. The van der Waals surface area contributed by atoms with Gasteiger partial charge in [-0.3, -0.25) is 14.1 Å². The first-order valence-corrected chi connectivity index (χ1v) is 10.7. The van der Waals surface area contributed by atoms with Crippen LogP contribution in [-0.2, 0) is 11.3 Å². The summed E-state index contributed by atoms with van der Waals surface area (Å²) in [6, 6.07) is 7.43. The fourth-order valence-electron chi connectivity index (χ4n) is 4.00. The number of aromatic nitrogens is 2. The molecule has 2 aromatic heterocycles. The molecule has 0 bridgehead atoms. The Labute approximate surface area is 183 Å². The molecule has 5 rings (SSSR count). The minimum absolute atomic E-state index is 0.0308. The molecule has 0 saturated carbocycles. The number of nitrogens with one attached hydrogen (secondary N) is 2. The molecule has 0 radical (unpaired) electrons. The predicted molar refractivity (Wildman–Crippen MR) is 118 cm³/mol. The maximum atomic E-state index is 11.8. The van der Waals surface area contributed by atoms with Gasteiger partial charge in [0.1, 0.15) is 5.75 Å². The van der Waals surface area contributed by atoms with Crippen LogP contribution in [0.4, 0.5) is 5.69 Å². The Morgan fingerprint density at radius 1 is 1.17 bits per heavy atom. The lowest BCUT2D eigenvalue weighted by atomic mass is 10.1. The lowest BCUT2D eigenvalue weighted by Crippen LogP contribution is -2.28. The summed E-state index contributed by atoms with van der Waals surface area (Å²) < 4.78 is 7.47. The van der Waals surface area contributed by atoms with Crippen molar-refractivity contribution in [1.29, 1.82) is 0 Å². The summed E-state index contributed by atoms with van der Waals surface area (Å²) in [5.74, 6) is 0.491. The highest BCUT2D eigenvalue weighted by molar-refractivity contribution is 6.36. The van der Waals surface area contributed by atoms with E-state index in [9.17, 15) is 4.79 Å². The number of hydrogen-bond acceptors (Lipinski definition) is 5. The van der Waals surface area contributed by atoms with Gasteiger partial charge in [-0.15, -0.1) is 0 Å². The number of imidazole rings is 1. The molecule has 0 unspecified atom stereocenters. The quantitative estimate of drug-likeness (QED) is 0.645. The number of benzene rings is 1. The van der Waals surface area contributed by atoms with Crippen LogP contribution in [0.25, 0.3) is 16.9 Å². The summed E-state index contributed by atoms with van der Waals surface area (Å²) >= 11 is 12.8. The number of hydrogen-bond donors (Lipinski definition) is 2. The number of carbonyl (C=O) groups excluding carboxylic acids is 1. The Balaban J connectivity index is 1.63. The third-order valence-corrected chi connectivity index (χ3v) is 5.92. The molecule has 2 N–H and O–H groups in total. The predicted octanol–water partition coefficient (Wildman–Crippen LogP) is 3.43. The summed E-state index contributed by atoms with van der Waals surface area (Å²) in [5, 5.41) is 7.36. The number of nitrogens with zero attached hydrogens (tertiary/aromatic N) is 3. The smallest absolute Gasteiger partial charge is 0.262 e. The van der Waals surface area contributed by atoms with Crippen molar-refractivity contribution in [2.75, 3.05) is 38.1 Å². The number of pyridine rings is 1. The first kappa shape index (κ1) is 19.6. The Morgan fingerprint density at radius 2 is 2.07 bits per heavy atom. The van der Waals surface area contributed by atoms with E-state index in [-0.39, 0.29) is 12.5 Å². The third kappa shape index (κ3) is 3.74. The van der Waals surface area contributed by atoms with Crippen LogP contribution in [0.1, 0.15) is 12.1 Å². The van der Waals surface area contributed by atoms with Crippen molar-refractivity contribution in [2.45, 2.75) is 13.0 Å². The summed E-state index contributed by atoms with van der Waals surface area (Å²) in [7, 11) is 0. The molecule has 2 aliphatic heterocycles. The molecule has 9 heteroatoms. The molecule has 4 heterocycles. The van der Waals surface area contributed by atoms with Gasteiger partial charge >= 0.3 is 0 Å². The van der Waals surface area contributed by atoms with E-state index < -0.39 is 0 Å². The number of anilines is 1. The Morgan fingerprint density at radius 3 is 2.97 bits per heavy atom. The maximum absolute atomic E-state index is 11.8. The van der Waals surface area contributed by atoms with E-state index in [1.807, 2.05) is 28.8 Å². The van der Waals surface area contributed by atoms with Gasteiger partial charge in [-0.25, -0.2) is 4.98 Å². The van der Waals surface area contributed by atoms with Gasteiger partial charge < -0.3 is 15.4 Å². The van der Waals surface area contributed by atoms with Crippen LogP contribution >= 0.6 is 23.2 Å². The van der Waals surface area contributed by atoms with E-state index in [1.54, 1.807) is 6.07 Å². The molecule has 156 valence electrons. The van der Waals surface area contributed by atoms with Gasteiger partial charge in [0.05, 0.1) is 27.1 Å². The van der Waals surface area contributed by atoms with E-state index in [0.717, 1.165) is 56.1 Å². The molecule has 7 nitrogen and oxygen atoms in total. The van der Waals surface area contributed by atoms with Crippen molar-refractivity contribution in [3.8, 4) is 17.0 Å². The van der Waals surface area contributed by atoms with E-state index in [4.69, 9.17) is 32.9 Å². The minimum Gasteiger partial charge on any atom is -0.482 e. The number of rotatable bonds is 3. The Hall–Kier alpha value is -2.32. The second-order valence-electron chi connectivity index (χ2n) is 7.53. The molecule has 1 saturated heterocycles. The molecular weight excluding hydrogens is 425 g/mol. The summed E-state index contributed by atoms with van der Waals surface area (Å²) in [5.41, 5.74) is 4.03. The summed E-state index contributed by atoms with van der Waals surface area (Å²) in [6.45, 7) is 4.68. The van der Waals surface area contributed by atoms with Gasteiger partial charge in [0.2, 0.25) is 0 Å². The topological polar surface area (TPSA) is 70.9 Å². The van der Waals surface area contributed by atoms with Gasteiger partial charge in [0.15, 0.2) is 12.3 Å². The molecule has 30 heavy (non-hydrogen) atoms. The molecule has 1 fully saturated rings. The van der Waals surface area contributed by atoms with Crippen LogP contribution in [0.15, 0.2) is 30.5 Å². The number of fused-ring (bicyclic) bond motifs is 2. The van der Waals surface area contributed by atoms with Gasteiger partial charge in [-0.1, -0.05) is 23.2 Å². The average Bonchev–Trinajstić information content (AvgIpc) is 2.89. The zero-order valence-corrected chi connectivity index (χ0v) is 17.8. The molecule has 3 aromatic rings. The molecule has 1 amide bonds. The number of amides is 1. The van der Waals surface area contributed by atoms with Crippen LogP contribution in [-0.4, -0.2) is 53.0 Å². The number of ether oxygens (including phenoxy) is 1. The lowest BCUT2D eigenvalue weighted by Gasteiger charge is -2.21. The van der Waals surface area contributed by atoms with Crippen molar-refractivity contribution in [2.24, 2.45) is 0 Å². The molecule has 0 atom stereocenters. The molecule has 0 spiro atoms. The van der Waals surface area contributed by atoms with Crippen molar-refractivity contribution >= 4 is 40.4 Å². The SMILES string of the molecule is O=C1COc2ccc(-c3nc4c(Cl)cc(Cl)cn4c3CN3CCCNCC3)cc2N1. The normalized spacial score (nSPS) is 17.3. The second kappa shape index (κ2) is 8.07. The van der Waals surface area contributed by atoms with Crippen LogP contribution in [0.5, 0.6) is 5.75 Å². The molecular formula is C21H21Cl2N5O2. The summed E-state index contributed by atoms with van der Waals surface area (Å²) in [4.78, 5) is 19.0. The molecule has 0 aliphatic carbocycles. The maximum Gasteiger partial charge on any atom is 0.262 e. The minimum atomic E-state index is -0.165. The fourth-order valence-corrected chi connectivity index (χ4v) is 4.52. The Bertz CT molecular complexity index is 1120. The van der Waals surface area contributed by atoms with Crippen molar-refractivity contribution in [3.05, 3.63) is 46.2 Å². The van der Waals surface area contributed by atoms with Crippen LogP contribution in [0.2, 0.25) is 10.0 Å². The fraction of sp³-hybridized carbons (Fsp3) is 0.333. The summed E-state index contributed by atoms with van der Waals surface area (Å²) in [6.07, 6.45) is 2.95. The average molecular weight is 446 g/mol. The van der Waals surface area contributed by atoms with E-state index in [1.165, 1.54) is 0 Å². The highest BCUT2D eigenvalue weighted by Gasteiger charge is 2.22. The number of halogens is 2. The van der Waals surface area contributed by atoms with Gasteiger partial charge in [-0.2, -0.15) is 0 Å². The Kier molecular flexibility index (Phi) is 5.28. The lowest BCUT2D eigenvalue weighted by molar-refractivity contribution is -0.118. The molecule has 1 aromatic carbocycles. The molecule has 2 aliphatic rings. The van der Waals surface area contributed by atoms with E-state index in [2.05, 4.69) is 15.5 Å². The third-order valence-electron chi connectivity index (χ3n) is 5.43. The van der Waals surface area contributed by atoms with Crippen LogP contribution in [0, 0.1) is 0 Å². The van der Waals surface area contributed by atoms with Crippen molar-refractivity contribution < 1.29 is 9.53 Å². The monoisotopic (exact) mass is 445 g/mol. The first-order valence-electron chi connectivity index (χ1n) is 9.94. The highest BCUT2D eigenvalue weighted by Crippen LogP contribution is 2.35. The highest BCUT2D eigenvalue weighted by atomic mass is 35.5. The van der Waals surface area contributed by atoms with E-state index >= 15 is 0 Å². The van der Waals surface area contributed by atoms with Crippen LogP contribution in [0.3, 0.4) is 0 Å². The van der Waals surface area contributed by atoms with Gasteiger partial charge in [0, 0.05) is 31.4 Å². The van der Waals surface area contributed by atoms with Crippen molar-refractivity contribution in [1.82, 2.24) is 19.6 Å². The standard InChI is InChI=1S/C21H21Cl2N5O2/c22-14-9-15(23)21-26-20(13-2-3-18-16(8-13)25-19(29)12-30-18)17(28(21)10-14)11-27-6-1-4-24-5-7-27/h2-3,8-10,24H,1,4-7,11-12H2,(H,25,29). The van der Waals surface area contributed by atoms with Gasteiger partial charge in [0.25, 0.3) is 5.91 Å². The zero-order chi connectivity index (χ0) is 20.7. The zero-order valence-electron chi connectivity index (χ0n) is 16.3. The van der Waals surface area contributed by atoms with Crippen molar-refractivity contribution in [3.63, 3.8) is 0 Å². The second-order valence-corrected chi connectivity index (χ2v) is 8.38. The number of carbonyl (C=O) groups is 1.